The molecule has 0 aromatic rings. The van der Waals surface area contributed by atoms with Crippen molar-refractivity contribution in [3.63, 3.8) is 0 Å². The first-order valence-electron chi connectivity index (χ1n) is 2.27. The minimum Gasteiger partial charge on any atom is -0.329 e. The maximum absolute atomic E-state index is 5.35. The van der Waals surface area contributed by atoms with Crippen LogP contribution in [0.2, 0.25) is 0 Å². The van der Waals surface area contributed by atoms with E-state index in [1.807, 2.05) is 6.92 Å². The maximum atomic E-state index is 5.35. The third-order valence-corrected chi connectivity index (χ3v) is 0.827. The average Bonchev–Trinajstić information content (AvgIpc) is 1.65. The van der Waals surface area contributed by atoms with E-state index in [0.717, 1.165) is 6.42 Å². The Balaban J connectivity index is -0.000000125. The molecule has 0 aliphatic rings. The van der Waals surface area contributed by atoms with Crippen LogP contribution in [-0.2, 0) is 0 Å². The lowest BCUT2D eigenvalue weighted by atomic mass is 10.2. The van der Waals surface area contributed by atoms with Crippen LogP contribution in [0.1, 0.15) is 28.2 Å². The average molecular weight is 120 g/mol. The quantitative estimate of drug-likeness (QED) is 0.570. The van der Waals surface area contributed by atoms with Gasteiger partial charge < -0.3 is 11.5 Å². The molecule has 0 amide bonds. The van der Waals surface area contributed by atoms with Crippen LogP contribution in [0.25, 0.3) is 0 Å². The highest BCUT2D eigenvalue weighted by atomic mass is 14.7. The van der Waals surface area contributed by atoms with E-state index in [1.54, 1.807) is 0 Å². The molecule has 1 unspecified atom stereocenters. The van der Waals surface area contributed by atoms with E-state index >= 15 is 0 Å². The highest BCUT2D eigenvalue weighted by Crippen LogP contribution is 1.77. The summed E-state index contributed by atoms with van der Waals surface area (Å²) in [5.74, 6) is 0. The molecule has 0 fully saturated rings. The Morgan fingerprint density at radius 1 is 1.38 bits per heavy atom. The molecular weight excluding hydrogens is 100 g/mol. The van der Waals surface area contributed by atoms with Crippen molar-refractivity contribution in [1.29, 1.82) is 0 Å². The number of nitrogens with two attached hydrogens (primary N) is 2. The van der Waals surface area contributed by atoms with Gasteiger partial charge in [-0.1, -0.05) is 21.8 Å². The Hall–Kier alpha value is -0.0800. The van der Waals surface area contributed by atoms with Crippen molar-refractivity contribution >= 4 is 0 Å². The Morgan fingerprint density at radius 2 is 1.75 bits per heavy atom. The summed E-state index contributed by atoms with van der Waals surface area (Å²) in [6, 6.07) is 0.213. The molecule has 0 aromatic heterocycles. The lowest BCUT2D eigenvalue weighted by molar-refractivity contribution is 0.660. The van der Waals surface area contributed by atoms with E-state index in [4.69, 9.17) is 11.5 Å². The van der Waals surface area contributed by atoms with Crippen molar-refractivity contribution in [3.05, 3.63) is 0 Å². The first-order chi connectivity index (χ1) is 2.81. The van der Waals surface area contributed by atoms with Crippen molar-refractivity contribution < 1.29 is 0 Å². The standard InChI is InChI=1S/C4H12N2.2CH4/c1-2-4(6)3-5;;/h4H,2-3,5-6H2,1H3;2*1H4. The second-order valence-electron chi connectivity index (χ2n) is 1.40. The highest BCUT2D eigenvalue weighted by Gasteiger charge is 1.88. The molecule has 0 aliphatic heterocycles. The normalized spacial score (nSPS) is 10.9. The van der Waals surface area contributed by atoms with Gasteiger partial charge in [0.2, 0.25) is 0 Å². The van der Waals surface area contributed by atoms with Crippen LogP contribution in [0.15, 0.2) is 0 Å². The molecule has 0 spiro atoms. The van der Waals surface area contributed by atoms with Gasteiger partial charge in [0.1, 0.15) is 0 Å². The Labute approximate surface area is 53.3 Å². The smallest absolute Gasteiger partial charge is 0.0160 e. The molecule has 8 heavy (non-hydrogen) atoms. The van der Waals surface area contributed by atoms with E-state index in [9.17, 15) is 0 Å². The van der Waals surface area contributed by atoms with Crippen molar-refractivity contribution in [2.45, 2.75) is 34.2 Å². The summed E-state index contributed by atoms with van der Waals surface area (Å²) in [6.45, 7) is 2.63. The van der Waals surface area contributed by atoms with Crippen LogP contribution >= 0.6 is 0 Å². The van der Waals surface area contributed by atoms with Crippen LogP contribution in [-0.4, -0.2) is 12.6 Å². The van der Waals surface area contributed by atoms with Crippen molar-refractivity contribution in [3.8, 4) is 0 Å². The van der Waals surface area contributed by atoms with Crippen molar-refractivity contribution in [2.24, 2.45) is 11.5 Å². The molecule has 0 rings (SSSR count). The summed E-state index contributed by atoms with van der Waals surface area (Å²) in [5, 5.41) is 0. The molecule has 0 heterocycles. The monoisotopic (exact) mass is 120 g/mol. The highest BCUT2D eigenvalue weighted by molar-refractivity contribution is 4.55. The van der Waals surface area contributed by atoms with Crippen LogP contribution < -0.4 is 11.5 Å². The summed E-state index contributed by atoms with van der Waals surface area (Å²) in [6.07, 6.45) is 0.983. The minimum absolute atomic E-state index is 0. The number of rotatable bonds is 2. The van der Waals surface area contributed by atoms with Gasteiger partial charge in [0, 0.05) is 12.6 Å². The van der Waals surface area contributed by atoms with Gasteiger partial charge in [0.05, 0.1) is 0 Å². The fraction of sp³-hybridized carbons (Fsp3) is 1.00. The fourth-order valence-electron chi connectivity index (χ4n) is 0.167. The molecule has 54 valence electrons. The third-order valence-electron chi connectivity index (χ3n) is 0.827. The van der Waals surface area contributed by atoms with Crippen LogP contribution in [0.3, 0.4) is 0 Å². The van der Waals surface area contributed by atoms with Gasteiger partial charge in [-0.25, -0.2) is 0 Å². The zero-order valence-corrected chi connectivity index (χ0v) is 4.15. The van der Waals surface area contributed by atoms with E-state index in [-0.39, 0.29) is 20.9 Å². The molecule has 0 saturated carbocycles. The molecule has 0 aromatic carbocycles. The van der Waals surface area contributed by atoms with E-state index in [1.165, 1.54) is 0 Å². The lowest BCUT2D eigenvalue weighted by Crippen LogP contribution is -2.28. The predicted molar refractivity (Wildman–Crippen MR) is 40.8 cm³/mol. The van der Waals surface area contributed by atoms with Gasteiger partial charge in [0.15, 0.2) is 0 Å². The molecule has 2 heteroatoms. The molecule has 0 bridgehead atoms. The van der Waals surface area contributed by atoms with Gasteiger partial charge in [0.25, 0.3) is 0 Å². The third kappa shape index (κ3) is 9.33. The summed E-state index contributed by atoms with van der Waals surface area (Å²) < 4.78 is 0. The number of hydrogen-bond donors (Lipinski definition) is 2. The largest absolute Gasteiger partial charge is 0.329 e. The van der Waals surface area contributed by atoms with Gasteiger partial charge in [-0.3, -0.25) is 0 Å². The van der Waals surface area contributed by atoms with E-state index in [2.05, 4.69) is 0 Å². The van der Waals surface area contributed by atoms with Crippen LogP contribution in [0, 0.1) is 0 Å². The van der Waals surface area contributed by atoms with Gasteiger partial charge in [-0.2, -0.15) is 0 Å². The second-order valence-corrected chi connectivity index (χ2v) is 1.40. The van der Waals surface area contributed by atoms with E-state index < -0.39 is 0 Å². The van der Waals surface area contributed by atoms with Crippen LogP contribution in [0.4, 0.5) is 0 Å². The zero-order valence-electron chi connectivity index (χ0n) is 4.15. The summed E-state index contributed by atoms with van der Waals surface area (Å²) in [7, 11) is 0. The zero-order chi connectivity index (χ0) is 4.99. The molecule has 0 aliphatic carbocycles. The van der Waals surface area contributed by atoms with Crippen LogP contribution in [0.5, 0.6) is 0 Å². The Morgan fingerprint density at radius 3 is 1.75 bits per heavy atom. The Kier molecular flexibility index (Phi) is 19.6. The van der Waals surface area contributed by atoms with E-state index in [0.29, 0.717) is 6.54 Å². The first-order valence-corrected chi connectivity index (χ1v) is 2.27. The molecule has 2 nitrogen and oxygen atoms in total. The maximum Gasteiger partial charge on any atom is 0.0160 e. The summed E-state index contributed by atoms with van der Waals surface area (Å²) in [4.78, 5) is 0. The van der Waals surface area contributed by atoms with Gasteiger partial charge >= 0.3 is 0 Å². The lowest BCUT2D eigenvalue weighted by Gasteiger charge is -1.99. The van der Waals surface area contributed by atoms with Crippen molar-refractivity contribution in [2.75, 3.05) is 6.54 Å². The topological polar surface area (TPSA) is 52.0 Å². The molecule has 1 atom stereocenters. The summed E-state index contributed by atoms with van der Waals surface area (Å²) in [5.41, 5.74) is 10.5. The van der Waals surface area contributed by atoms with Crippen molar-refractivity contribution in [1.82, 2.24) is 0 Å². The van der Waals surface area contributed by atoms with Gasteiger partial charge in [-0.15, -0.1) is 0 Å². The van der Waals surface area contributed by atoms with Gasteiger partial charge in [-0.05, 0) is 6.42 Å². The molecular formula is C6H20N2. The number of hydrogen-bond acceptors (Lipinski definition) is 2. The second kappa shape index (κ2) is 10.0. The predicted octanol–water partition coefficient (Wildman–Crippen LogP) is 0.955. The summed E-state index contributed by atoms with van der Waals surface area (Å²) >= 11 is 0. The SMILES string of the molecule is C.C.CCC(N)CN. The first kappa shape index (κ1) is 15.7. The Bertz CT molecular complexity index is 25.7. The fourth-order valence-corrected chi connectivity index (χ4v) is 0.167. The minimum atomic E-state index is 0. The molecule has 4 N–H and O–H groups in total. The molecule has 0 radical (unpaired) electrons. The molecule has 0 saturated heterocycles.